The normalized spacial score (nSPS) is 13.7. The lowest BCUT2D eigenvalue weighted by Crippen LogP contribution is -2.32. The SMILES string of the molecule is COc1cc2c(c(OC)c1OC)-c1ccc(NCC(=O)NCCc3ccncc3)c(=O)cc1[C@H](NC(C)=O)CC2. The van der Waals surface area contributed by atoms with E-state index in [0.29, 0.717) is 48.6 Å². The molecule has 210 valence electrons. The van der Waals surface area contributed by atoms with Gasteiger partial charge in [-0.1, -0.05) is 6.07 Å². The highest BCUT2D eigenvalue weighted by Crippen LogP contribution is 2.50. The molecular formula is C30H34N4O6. The maximum atomic E-state index is 13.3. The number of fused-ring (bicyclic) bond motifs is 3. The second-order valence-electron chi connectivity index (χ2n) is 9.40. The second kappa shape index (κ2) is 13.0. The Labute approximate surface area is 233 Å². The molecule has 0 saturated carbocycles. The number of anilines is 1. The summed E-state index contributed by atoms with van der Waals surface area (Å²) in [5, 5.41) is 8.82. The molecule has 4 rings (SSSR count). The van der Waals surface area contributed by atoms with Crippen LogP contribution in [0, 0.1) is 0 Å². The van der Waals surface area contributed by atoms with Crippen LogP contribution in [0.2, 0.25) is 0 Å². The molecule has 0 aliphatic heterocycles. The van der Waals surface area contributed by atoms with E-state index >= 15 is 0 Å². The van der Waals surface area contributed by atoms with Gasteiger partial charge in [-0.3, -0.25) is 19.4 Å². The monoisotopic (exact) mass is 546 g/mol. The zero-order valence-corrected chi connectivity index (χ0v) is 23.1. The van der Waals surface area contributed by atoms with Crippen molar-refractivity contribution in [2.75, 3.05) is 39.7 Å². The van der Waals surface area contributed by atoms with Crippen molar-refractivity contribution in [3.05, 3.63) is 75.7 Å². The fourth-order valence-corrected chi connectivity index (χ4v) is 4.99. The molecule has 0 bridgehead atoms. The van der Waals surface area contributed by atoms with Crippen molar-refractivity contribution < 1.29 is 23.8 Å². The molecule has 1 aliphatic rings. The molecule has 0 fully saturated rings. The standard InChI is InChI=1S/C30H34N4O6/c1-18(35)34-23-7-5-20-15-26(38-2)29(39-3)30(40-4)28(20)21-6-8-24(25(36)16-22(21)23)33-17-27(37)32-14-11-19-9-12-31-13-10-19/h6,8-10,12-13,15-16,23H,5,7,11,14,17H2,1-4H3,(H,32,37)(H,33,36)(H,34,35)/t23-/m1/s1. The van der Waals surface area contributed by atoms with Gasteiger partial charge in [0.15, 0.2) is 11.5 Å². The van der Waals surface area contributed by atoms with Gasteiger partial charge in [0.2, 0.25) is 23.0 Å². The Morgan fingerprint density at radius 1 is 1.00 bits per heavy atom. The maximum absolute atomic E-state index is 13.3. The zero-order chi connectivity index (χ0) is 28.6. The molecule has 0 unspecified atom stereocenters. The molecule has 0 radical (unpaired) electrons. The van der Waals surface area contributed by atoms with Crippen molar-refractivity contribution in [1.29, 1.82) is 0 Å². The van der Waals surface area contributed by atoms with E-state index in [1.165, 1.54) is 20.1 Å². The fourth-order valence-electron chi connectivity index (χ4n) is 4.99. The zero-order valence-electron chi connectivity index (χ0n) is 23.1. The van der Waals surface area contributed by atoms with E-state index in [4.69, 9.17) is 14.2 Å². The van der Waals surface area contributed by atoms with Gasteiger partial charge in [0, 0.05) is 31.4 Å². The van der Waals surface area contributed by atoms with Gasteiger partial charge in [-0.2, -0.15) is 0 Å². The first kappa shape index (κ1) is 28.4. The molecule has 0 saturated heterocycles. The number of hydrogen-bond acceptors (Lipinski definition) is 8. The minimum atomic E-state index is -0.411. The number of amides is 2. The summed E-state index contributed by atoms with van der Waals surface area (Å²) in [5.74, 6) is 0.998. The number of benzene rings is 1. The first-order valence-corrected chi connectivity index (χ1v) is 13.0. The number of aromatic nitrogens is 1. The summed E-state index contributed by atoms with van der Waals surface area (Å²) in [4.78, 5) is 41.9. The minimum Gasteiger partial charge on any atom is -0.493 e. The van der Waals surface area contributed by atoms with Crippen LogP contribution >= 0.6 is 0 Å². The number of carbonyl (C=O) groups is 2. The number of aryl methyl sites for hydroxylation is 1. The molecule has 2 aromatic carbocycles. The Hall–Kier alpha value is -4.60. The third kappa shape index (κ3) is 6.33. The molecule has 1 aliphatic carbocycles. The van der Waals surface area contributed by atoms with Crippen LogP contribution in [0.1, 0.15) is 36.1 Å². The molecule has 1 heterocycles. The summed E-state index contributed by atoms with van der Waals surface area (Å²) < 4.78 is 17.0. The van der Waals surface area contributed by atoms with Crippen molar-refractivity contribution >= 4 is 17.5 Å². The largest absolute Gasteiger partial charge is 0.493 e. The van der Waals surface area contributed by atoms with Crippen molar-refractivity contribution in [2.24, 2.45) is 0 Å². The van der Waals surface area contributed by atoms with Crippen molar-refractivity contribution in [2.45, 2.75) is 32.2 Å². The van der Waals surface area contributed by atoms with E-state index in [1.54, 1.807) is 32.7 Å². The average Bonchev–Trinajstić information content (AvgIpc) is 3.19. The summed E-state index contributed by atoms with van der Waals surface area (Å²) in [6.45, 7) is 1.85. The predicted molar refractivity (Wildman–Crippen MR) is 152 cm³/mol. The van der Waals surface area contributed by atoms with Crippen LogP contribution in [0.5, 0.6) is 17.2 Å². The van der Waals surface area contributed by atoms with Gasteiger partial charge in [0.05, 0.1) is 39.6 Å². The first-order valence-electron chi connectivity index (χ1n) is 13.0. The lowest BCUT2D eigenvalue weighted by atomic mass is 9.95. The summed E-state index contributed by atoms with van der Waals surface area (Å²) in [6, 6.07) is 10.3. The van der Waals surface area contributed by atoms with Gasteiger partial charge in [-0.25, -0.2) is 0 Å². The van der Waals surface area contributed by atoms with Crippen LogP contribution in [0.3, 0.4) is 0 Å². The summed E-state index contributed by atoms with van der Waals surface area (Å²) >= 11 is 0. The molecule has 1 aromatic heterocycles. The highest BCUT2D eigenvalue weighted by Gasteiger charge is 2.29. The Morgan fingerprint density at radius 3 is 2.42 bits per heavy atom. The third-order valence-corrected chi connectivity index (χ3v) is 6.84. The van der Waals surface area contributed by atoms with Crippen LogP contribution in [-0.2, 0) is 22.4 Å². The molecule has 3 N–H and O–H groups in total. The Morgan fingerprint density at radius 2 is 1.75 bits per heavy atom. The van der Waals surface area contributed by atoms with Crippen LogP contribution in [0.4, 0.5) is 5.69 Å². The van der Waals surface area contributed by atoms with E-state index in [2.05, 4.69) is 20.9 Å². The number of carbonyl (C=O) groups excluding carboxylic acids is 2. The van der Waals surface area contributed by atoms with Crippen molar-refractivity contribution in [3.63, 3.8) is 0 Å². The van der Waals surface area contributed by atoms with Crippen LogP contribution < -0.4 is 35.6 Å². The molecule has 0 spiro atoms. The van der Waals surface area contributed by atoms with Crippen molar-refractivity contribution in [1.82, 2.24) is 15.6 Å². The lowest BCUT2D eigenvalue weighted by molar-refractivity contribution is -0.120. The number of methoxy groups -OCH3 is 3. The van der Waals surface area contributed by atoms with E-state index in [0.717, 1.165) is 22.3 Å². The highest BCUT2D eigenvalue weighted by molar-refractivity contribution is 5.84. The minimum absolute atomic E-state index is 0.0691. The molecular weight excluding hydrogens is 512 g/mol. The first-order chi connectivity index (χ1) is 19.4. The number of nitrogens with zero attached hydrogens (tertiary/aromatic N) is 1. The fraction of sp³-hybridized carbons (Fsp3) is 0.333. The number of hydrogen-bond donors (Lipinski definition) is 3. The number of nitrogens with one attached hydrogen (secondary N) is 3. The average molecular weight is 547 g/mol. The molecule has 2 amide bonds. The van der Waals surface area contributed by atoms with Gasteiger partial charge in [-0.05, 0) is 71.8 Å². The van der Waals surface area contributed by atoms with E-state index in [-0.39, 0.29) is 29.5 Å². The molecule has 10 heteroatoms. The summed E-state index contributed by atoms with van der Waals surface area (Å²) in [6.07, 6.45) is 5.26. The second-order valence-corrected chi connectivity index (χ2v) is 9.40. The number of pyridine rings is 1. The van der Waals surface area contributed by atoms with E-state index in [9.17, 15) is 14.4 Å². The smallest absolute Gasteiger partial charge is 0.239 e. The molecule has 10 nitrogen and oxygen atoms in total. The van der Waals surface area contributed by atoms with Crippen molar-refractivity contribution in [3.8, 4) is 28.4 Å². The summed E-state index contributed by atoms with van der Waals surface area (Å²) in [7, 11) is 4.65. The van der Waals surface area contributed by atoms with E-state index < -0.39 is 6.04 Å². The molecule has 3 aromatic rings. The van der Waals surface area contributed by atoms with Gasteiger partial charge in [-0.15, -0.1) is 0 Å². The maximum Gasteiger partial charge on any atom is 0.239 e. The van der Waals surface area contributed by atoms with Crippen LogP contribution in [0.25, 0.3) is 11.1 Å². The number of ether oxygens (including phenoxy) is 3. The molecule has 1 atom stereocenters. The summed E-state index contributed by atoms with van der Waals surface area (Å²) in [5.41, 5.74) is 4.10. The Balaban J connectivity index is 1.67. The van der Waals surface area contributed by atoms with Crippen LogP contribution in [0.15, 0.2) is 53.6 Å². The quantitative estimate of drug-likeness (QED) is 0.354. The number of rotatable bonds is 10. The highest BCUT2D eigenvalue weighted by atomic mass is 16.5. The predicted octanol–water partition coefficient (Wildman–Crippen LogP) is 3.03. The van der Waals surface area contributed by atoms with Gasteiger partial charge >= 0.3 is 0 Å². The Bertz CT molecular complexity index is 1440. The molecule has 40 heavy (non-hydrogen) atoms. The van der Waals surface area contributed by atoms with E-state index in [1.807, 2.05) is 24.3 Å². The van der Waals surface area contributed by atoms with Gasteiger partial charge in [0.1, 0.15) is 0 Å². The van der Waals surface area contributed by atoms with Gasteiger partial charge < -0.3 is 30.2 Å². The van der Waals surface area contributed by atoms with Crippen LogP contribution in [-0.4, -0.2) is 51.2 Å². The Kier molecular flexibility index (Phi) is 9.21. The topological polar surface area (TPSA) is 128 Å². The third-order valence-electron chi connectivity index (χ3n) is 6.84. The van der Waals surface area contributed by atoms with Gasteiger partial charge in [0.25, 0.3) is 0 Å². The lowest BCUT2D eigenvalue weighted by Gasteiger charge is -2.19.